The highest BCUT2D eigenvalue weighted by Crippen LogP contribution is 2.10. The summed E-state index contributed by atoms with van der Waals surface area (Å²) in [6.45, 7) is 1.39. The van der Waals surface area contributed by atoms with Gasteiger partial charge in [-0.05, 0) is 17.7 Å². The maximum absolute atomic E-state index is 5.14. The van der Waals surface area contributed by atoms with Crippen molar-refractivity contribution in [3.8, 4) is 12.3 Å². The van der Waals surface area contributed by atoms with Gasteiger partial charge in [-0.3, -0.25) is 0 Å². The minimum absolute atomic E-state index is 0.598. The molecule has 0 radical (unpaired) electrons. The molecule has 0 saturated heterocycles. The van der Waals surface area contributed by atoms with Crippen molar-refractivity contribution >= 4 is 11.0 Å². The van der Waals surface area contributed by atoms with Crippen LogP contribution in [0.1, 0.15) is 5.56 Å². The van der Waals surface area contributed by atoms with E-state index in [2.05, 4.69) is 27.3 Å². The molecule has 0 spiro atoms. The van der Waals surface area contributed by atoms with Gasteiger partial charge in [0.05, 0.1) is 23.9 Å². The van der Waals surface area contributed by atoms with E-state index in [-0.39, 0.29) is 0 Å². The van der Waals surface area contributed by atoms with Crippen LogP contribution in [0.4, 0.5) is 0 Å². The van der Waals surface area contributed by atoms with Gasteiger partial charge >= 0.3 is 0 Å². The molecule has 0 fully saturated rings. The van der Waals surface area contributed by atoms with Crippen LogP contribution in [0, 0.1) is 12.3 Å². The van der Waals surface area contributed by atoms with Gasteiger partial charge in [-0.1, -0.05) is 12.0 Å². The van der Waals surface area contributed by atoms with Gasteiger partial charge < -0.3 is 10.3 Å². The van der Waals surface area contributed by atoms with Crippen LogP contribution in [0.3, 0.4) is 0 Å². The summed E-state index contributed by atoms with van der Waals surface area (Å²) in [6, 6.07) is 6.12. The number of rotatable bonds is 3. The van der Waals surface area contributed by atoms with Crippen LogP contribution in [0.15, 0.2) is 24.5 Å². The van der Waals surface area contributed by atoms with Crippen LogP contribution in [0.25, 0.3) is 11.0 Å². The van der Waals surface area contributed by atoms with E-state index in [1.54, 1.807) is 6.33 Å². The van der Waals surface area contributed by atoms with Gasteiger partial charge in [0.25, 0.3) is 0 Å². The van der Waals surface area contributed by atoms with E-state index in [0.29, 0.717) is 6.54 Å². The zero-order valence-electron chi connectivity index (χ0n) is 7.75. The number of hydrogen-bond donors (Lipinski definition) is 2. The fourth-order valence-electron chi connectivity index (χ4n) is 1.37. The van der Waals surface area contributed by atoms with E-state index in [1.165, 1.54) is 5.56 Å². The molecule has 0 aliphatic carbocycles. The SMILES string of the molecule is C#CCNCc1ccc2nc[nH]c2c1. The highest BCUT2D eigenvalue weighted by Gasteiger charge is 1.97. The highest BCUT2D eigenvalue weighted by atomic mass is 14.9. The number of aromatic amines is 1. The lowest BCUT2D eigenvalue weighted by Gasteiger charge is -2.00. The molecule has 0 amide bonds. The van der Waals surface area contributed by atoms with Crippen molar-refractivity contribution in [2.24, 2.45) is 0 Å². The Kier molecular flexibility index (Phi) is 2.48. The van der Waals surface area contributed by atoms with Crippen LogP contribution in [0.5, 0.6) is 0 Å². The molecule has 1 heterocycles. The number of hydrogen-bond acceptors (Lipinski definition) is 2. The standard InChI is InChI=1S/C11H11N3/c1-2-5-12-7-9-3-4-10-11(6-9)14-8-13-10/h1,3-4,6,8,12H,5,7H2,(H,13,14). The van der Waals surface area contributed by atoms with Crippen molar-refractivity contribution in [3.05, 3.63) is 30.1 Å². The van der Waals surface area contributed by atoms with Gasteiger partial charge in [0.1, 0.15) is 0 Å². The van der Waals surface area contributed by atoms with Crippen molar-refractivity contribution < 1.29 is 0 Å². The molecule has 1 aromatic heterocycles. The van der Waals surface area contributed by atoms with Crippen molar-refractivity contribution in [2.75, 3.05) is 6.54 Å². The van der Waals surface area contributed by atoms with Crippen LogP contribution in [-0.4, -0.2) is 16.5 Å². The maximum Gasteiger partial charge on any atom is 0.0931 e. The van der Waals surface area contributed by atoms with E-state index in [1.807, 2.05) is 12.1 Å². The fourth-order valence-corrected chi connectivity index (χ4v) is 1.37. The molecule has 0 atom stereocenters. The van der Waals surface area contributed by atoms with E-state index in [4.69, 9.17) is 6.42 Å². The van der Waals surface area contributed by atoms with Crippen LogP contribution in [0.2, 0.25) is 0 Å². The largest absolute Gasteiger partial charge is 0.345 e. The minimum Gasteiger partial charge on any atom is -0.345 e. The fraction of sp³-hybridized carbons (Fsp3) is 0.182. The zero-order valence-corrected chi connectivity index (χ0v) is 7.75. The molecule has 0 saturated carbocycles. The first kappa shape index (κ1) is 8.79. The van der Waals surface area contributed by atoms with Crippen LogP contribution >= 0.6 is 0 Å². The first-order valence-electron chi connectivity index (χ1n) is 4.46. The number of nitrogens with one attached hydrogen (secondary N) is 2. The van der Waals surface area contributed by atoms with Crippen LogP contribution in [-0.2, 0) is 6.54 Å². The monoisotopic (exact) mass is 185 g/mol. The van der Waals surface area contributed by atoms with Crippen molar-refractivity contribution in [2.45, 2.75) is 6.54 Å². The summed E-state index contributed by atoms with van der Waals surface area (Å²) >= 11 is 0. The van der Waals surface area contributed by atoms with E-state index in [0.717, 1.165) is 17.6 Å². The molecule has 1 aromatic carbocycles. The number of benzene rings is 1. The Morgan fingerprint density at radius 1 is 1.50 bits per heavy atom. The molecular weight excluding hydrogens is 174 g/mol. The smallest absolute Gasteiger partial charge is 0.0931 e. The number of terminal acetylenes is 1. The summed E-state index contributed by atoms with van der Waals surface area (Å²) in [5, 5.41) is 3.14. The highest BCUT2D eigenvalue weighted by molar-refractivity contribution is 5.74. The second kappa shape index (κ2) is 3.95. The second-order valence-electron chi connectivity index (χ2n) is 3.06. The summed E-state index contributed by atoms with van der Waals surface area (Å²) < 4.78 is 0. The normalized spacial score (nSPS) is 10.2. The molecule has 2 N–H and O–H groups in total. The number of aromatic nitrogens is 2. The van der Waals surface area contributed by atoms with E-state index in [9.17, 15) is 0 Å². The third kappa shape index (κ3) is 1.76. The van der Waals surface area contributed by atoms with Crippen molar-refractivity contribution in [3.63, 3.8) is 0 Å². The predicted octanol–water partition coefficient (Wildman–Crippen LogP) is 1.29. The Balaban J connectivity index is 2.14. The molecule has 0 unspecified atom stereocenters. The first-order chi connectivity index (χ1) is 6.90. The lowest BCUT2D eigenvalue weighted by Crippen LogP contribution is -2.12. The molecule has 2 aromatic rings. The number of nitrogens with zero attached hydrogens (tertiary/aromatic N) is 1. The quantitative estimate of drug-likeness (QED) is 0.558. The van der Waals surface area contributed by atoms with Gasteiger partial charge in [-0.15, -0.1) is 6.42 Å². The van der Waals surface area contributed by atoms with Gasteiger partial charge in [0, 0.05) is 6.54 Å². The minimum atomic E-state index is 0.598. The number of imidazole rings is 1. The molecule has 0 aliphatic heterocycles. The molecule has 3 nitrogen and oxygen atoms in total. The van der Waals surface area contributed by atoms with Crippen LogP contribution < -0.4 is 5.32 Å². The third-order valence-electron chi connectivity index (χ3n) is 2.04. The Morgan fingerprint density at radius 3 is 3.29 bits per heavy atom. The second-order valence-corrected chi connectivity index (χ2v) is 3.06. The molecule has 2 rings (SSSR count). The Morgan fingerprint density at radius 2 is 2.43 bits per heavy atom. The summed E-state index contributed by atoms with van der Waals surface area (Å²) in [5.41, 5.74) is 3.26. The van der Waals surface area contributed by atoms with Gasteiger partial charge in [0.15, 0.2) is 0 Å². The first-order valence-corrected chi connectivity index (χ1v) is 4.46. The Bertz CT molecular complexity index is 465. The zero-order chi connectivity index (χ0) is 9.80. The predicted molar refractivity (Wildman–Crippen MR) is 56.6 cm³/mol. The molecule has 0 bridgehead atoms. The average molecular weight is 185 g/mol. The molecule has 70 valence electrons. The summed E-state index contributed by atoms with van der Waals surface area (Å²) in [5.74, 6) is 2.54. The maximum atomic E-state index is 5.14. The summed E-state index contributed by atoms with van der Waals surface area (Å²) in [6.07, 6.45) is 6.84. The Hall–Kier alpha value is -1.79. The van der Waals surface area contributed by atoms with Gasteiger partial charge in [-0.25, -0.2) is 4.98 Å². The average Bonchev–Trinajstić information content (AvgIpc) is 2.65. The summed E-state index contributed by atoms with van der Waals surface area (Å²) in [4.78, 5) is 7.22. The topological polar surface area (TPSA) is 40.7 Å². The van der Waals surface area contributed by atoms with E-state index >= 15 is 0 Å². The third-order valence-corrected chi connectivity index (χ3v) is 2.04. The number of H-pyrrole nitrogens is 1. The molecular formula is C11H11N3. The van der Waals surface area contributed by atoms with Gasteiger partial charge in [0.2, 0.25) is 0 Å². The van der Waals surface area contributed by atoms with Crippen molar-refractivity contribution in [1.29, 1.82) is 0 Å². The molecule has 3 heteroatoms. The van der Waals surface area contributed by atoms with E-state index < -0.39 is 0 Å². The lowest BCUT2D eigenvalue weighted by atomic mass is 10.2. The molecule has 14 heavy (non-hydrogen) atoms. The Labute approximate surface area is 82.6 Å². The van der Waals surface area contributed by atoms with Gasteiger partial charge in [-0.2, -0.15) is 0 Å². The number of fused-ring (bicyclic) bond motifs is 1. The molecule has 0 aliphatic rings. The summed E-state index contributed by atoms with van der Waals surface area (Å²) in [7, 11) is 0. The lowest BCUT2D eigenvalue weighted by molar-refractivity contribution is 0.771. The van der Waals surface area contributed by atoms with Crippen molar-refractivity contribution in [1.82, 2.24) is 15.3 Å².